The minimum Gasteiger partial charge on any atom is -0.480 e. The molecule has 1 unspecified atom stereocenters. The SMILES string of the molecule is O=C(O)C1(N[C@@H](c2ccc(F)cc2)C(F)(F)F)C[C@H]1SC(c1ccccc1)(c1ccccc1)c1ccccc1. The molecule has 39 heavy (non-hydrogen) atoms. The van der Waals surface area contributed by atoms with Crippen molar-refractivity contribution in [3.8, 4) is 0 Å². The van der Waals surface area contributed by atoms with Crippen molar-refractivity contribution in [1.29, 1.82) is 0 Å². The van der Waals surface area contributed by atoms with Crippen LogP contribution in [0.1, 0.15) is 34.7 Å². The van der Waals surface area contributed by atoms with Gasteiger partial charge >= 0.3 is 12.1 Å². The maximum absolute atomic E-state index is 14.2. The quantitative estimate of drug-likeness (QED) is 0.169. The molecule has 0 aliphatic heterocycles. The Labute approximate surface area is 227 Å². The normalized spacial score (nSPS) is 19.8. The number of hydrogen-bond acceptors (Lipinski definition) is 3. The molecule has 0 aromatic heterocycles. The summed E-state index contributed by atoms with van der Waals surface area (Å²) in [6, 6.07) is 30.3. The summed E-state index contributed by atoms with van der Waals surface area (Å²) in [5.74, 6) is -2.04. The summed E-state index contributed by atoms with van der Waals surface area (Å²) in [4.78, 5) is 12.6. The molecule has 3 nitrogen and oxygen atoms in total. The Morgan fingerprint density at radius 1 is 0.795 bits per heavy atom. The second kappa shape index (κ2) is 10.5. The molecule has 0 amide bonds. The topological polar surface area (TPSA) is 49.3 Å². The molecule has 0 saturated heterocycles. The van der Waals surface area contributed by atoms with E-state index in [1.807, 2.05) is 91.0 Å². The molecule has 1 aliphatic rings. The monoisotopic (exact) mass is 551 g/mol. The van der Waals surface area contributed by atoms with Crippen LogP contribution in [0, 0.1) is 5.82 Å². The molecule has 0 bridgehead atoms. The number of carbonyl (C=O) groups is 1. The second-order valence-electron chi connectivity index (χ2n) is 9.54. The van der Waals surface area contributed by atoms with Gasteiger partial charge in [0.2, 0.25) is 0 Å². The van der Waals surface area contributed by atoms with Gasteiger partial charge in [-0.2, -0.15) is 13.2 Å². The molecule has 1 fully saturated rings. The number of halogens is 4. The fraction of sp³-hybridized carbons (Fsp3) is 0.194. The van der Waals surface area contributed by atoms with Crippen LogP contribution < -0.4 is 5.32 Å². The van der Waals surface area contributed by atoms with Gasteiger partial charge < -0.3 is 5.11 Å². The lowest BCUT2D eigenvalue weighted by Gasteiger charge is -2.36. The van der Waals surface area contributed by atoms with Crippen LogP contribution in [0.2, 0.25) is 0 Å². The number of rotatable bonds is 9. The van der Waals surface area contributed by atoms with Crippen molar-refractivity contribution in [2.75, 3.05) is 0 Å². The summed E-state index contributed by atoms with van der Waals surface area (Å²) in [5, 5.41) is 12.0. The van der Waals surface area contributed by atoms with Crippen molar-refractivity contribution in [2.45, 2.75) is 34.2 Å². The number of thioether (sulfide) groups is 1. The molecule has 5 rings (SSSR count). The Balaban J connectivity index is 1.59. The van der Waals surface area contributed by atoms with Gasteiger partial charge in [-0.05, 0) is 40.8 Å². The molecule has 200 valence electrons. The van der Waals surface area contributed by atoms with Crippen molar-refractivity contribution >= 4 is 17.7 Å². The molecular weight excluding hydrogens is 526 g/mol. The first kappa shape index (κ1) is 27.0. The first-order valence-corrected chi connectivity index (χ1v) is 13.2. The summed E-state index contributed by atoms with van der Waals surface area (Å²) < 4.78 is 55.3. The predicted octanol–water partition coefficient (Wildman–Crippen LogP) is 7.34. The molecular formula is C31H25F4NO2S. The number of hydrogen-bond donors (Lipinski definition) is 2. The summed E-state index contributed by atoms with van der Waals surface area (Å²) in [5.41, 5.74) is 0.544. The number of nitrogens with one attached hydrogen (secondary N) is 1. The lowest BCUT2D eigenvalue weighted by atomic mass is 9.84. The van der Waals surface area contributed by atoms with Crippen LogP contribution in [-0.4, -0.2) is 28.0 Å². The zero-order valence-corrected chi connectivity index (χ0v) is 21.4. The number of aliphatic carboxylic acids is 1. The second-order valence-corrected chi connectivity index (χ2v) is 11.0. The third-order valence-corrected chi connectivity index (χ3v) is 8.99. The van der Waals surface area contributed by atoms with Crippen molar-refractivity contribution in [1.82, 2.24) is 5.32 Å². The Bertz CT molecular complexity index is 1320. The Hall–Kier alpha value is -3.62. The minimum absolute atomic E-state index is 0.0188. The largest absolute Gasteiger partial charge is 0.480 e. The minimum atomic E-state index is -4.80. The van der Waals surface area contributed by atoms with Gasteiger partial charge in [-0.3, -0.25) is 10.1 Å². The predicted molar refractivity (Wildman–Crippen MR) is 144 cm³/mol. The molecule has 3 atom stereocenters. The fourth-order valence-corrected chi connectivity index (χ4v) is 6.98. The maximum atomic E-state index is 14.2. The zero-order chi connectivity index (χ0) is 27.7. The molecule has 1 saturated carbocycles. The highest BCUT2D eigenvalue weighted by Crippen LogP contribution is 2.59. The Morgan fingerprint density at radius 3 is 1.62 bits per heavy atom. The third kappa shape index (κ3) is 5.18. The lowest BCUT2D eigenvalue weighted by Crippen LogP contribution is -2.49. The van der Waals surface area contributed by atoms with Crippen molar-refractivity contribution < 1.29 is 27.5 Å². The zero-order valence-electron chi connectivity index (χ0n) is 20.6. The van der Waals surface area contributed by atoms with Crippen LogP contribution in [0.15, 0.2) is 115 Å². The molecule has 8 heteroatoms. The summed E-state index contributed by atoms with van der Waals surface area (Å²) in [6.45, 7) is 0. The van der Waals surface area contributed by atoms with E-state index in [1.54, 1.807) is 0 Å². The van der Waals surface area contributed by atoms with Gasteiger partial charge in [0.25, 0.3) is 0 Å². The Morgan fingerprint density at radius 2 is 1.23 bits per heavy atom. The number of alkyl halides is 3. The summed E-state index contributed by atoms with van der Waals surface area (Å²) in [7, 11) is 0. The highest BCUT2D eigenvalue weighted by atomic mass is 32.2. The molecule has 4 aromatic rings. The van der Waals surface area contributed by atoms with Gasteiger partial charge in [-0.15, -0.1) is 11.8 Å². The number of carboxylic acid groups (broad SMARTS) is 1. The van der Waals surface area contributed by atoms with E-state index in [2.05, 4.69) is 5.32 Å². The first-order valence-electron chi connectivity index (χ1n) is 12.3. The summed E-state index contributed by atoms with van der Waals surface area (Å²) >= 11 is 1.33. The van der Waals surface area contributed by atoms with E-state index in [1.165, 1.54) is 11.8 Å². The van der Waals surface area contributed by atoms with Crippen LogP contribution in [0.25, 0.3) is 0 Å². The van der Waals surface area contributed by atoms with Gasteiger partial charge in [0, 0.05) is 5.25 Å². The highest BCUT2D eigenvalue weighted by Gasteiger charge is 2.66. The van der Waals surface area contributed by atoms with Gasteiger partial charge in [-0.25, -0.2) is 4.39 Å². The van der Waals surface area contributed by atoms with Gasteiger partial charge in [0.15, 0.2) is 0 Å². The fourth-order valence-electron chi connectivity index (χ4n) is 5.02. The average molecular weight is 552 g/mol. The summed E-state index contributed by atoms with van der Waals surface area (Å²) in [6.07, 6.45) is -4.82. The standard InChI is InChI=1S/C31H25F4NO2S/c32-25-18-16-21(17-19-25)27(31(33,34)35)36-29(28(37)38)20-26(29)39-30(22-10-4-1-5-11-22,23-12-6-2-7-13-23)24-14-8-3-9-15-24/h1-19,26-27,36H,20H2,(H,37,38)/t26-,27+,29?/m1/s1. The highest BCUT2D eigenvalue weighted by molar-refractivity contribution is 8.01. The van der Waals surface area contributed by atoms with Gasteiger partial charge in [-0.1, -0.05) is 103 Å². The van der Waals surface area contributed by atoms with Crippen LogP contribution >= 0.6 is 11.8 Å². The van der Waals surface area contributed by atoms with Crippen molar-refractivity contribution in [2.24, 2.45) is 0 Å². The van der Waals surface area contributed by atoms with E-state index in [4.69, 9.17) is 0 Å². The van der Waals surface area contributed by atoms with Gasteiger partial charge in [0.05, 0.1) is 4.75 Å². The van der Waals surface area contributed by atoms with Crippen molar-refractivity contribution in [3.05, 3.63) is 143 Å². The van der Waals surface area contributed by atoms with Crippen molar-refractivity contribution in [3.63, 3.8) is 0 Å². The number of benzene rings is 4. The maximum Gasteiger partial charge on any atom is 0.407 e. The lowest BCUT2D eigenvalue weighted by molar-refractivity contribution is -0.164. The average Bonchev–Trinajstić information content (AvgIpc) is 3.65. The van der Waals surface area contributed by atoms with E-state index < -0.39 is 39.5 Å². The van der Waals surface area contributed by atoms with E-state index in [0.29, 0.717) is 0 Å². The van der Waals surface area contributed by atoms with Crippen LogP contribution in [0.5, 0.6) is 0 Å². The molecule has 1 aliphatic carbocycles. The molecule has 4 aromatic carbocycles. The van der Waals surface area contributed by atoms with Crippen LogP contribution in [0.3, 0.4) is 0 Å². The third-order valence-electron chi connectivity index (χ3n) is 7.07. The van der Waals surface area contributed by atoms with Crippen LogP contribution in [-0.2, 0) is 9.54 Å². The Kier molecular flexibility index (Phi) is 7.27. The molecule has 0 radical (unpaired) electrons. The number of carboxylic acids is 1. The molecule has 2 N–H and O–H groups in total. The molecule has 0 heterocycles. The smallest absolute Gasteiger partial charge is 0.407 e. The van der Waals surface area contributed by atoms with Gasteiger partial charge in [0.1, 0.15) is 17.4 Å². The van der Waals surface area contributed by atoms with E-state index >= 15 is 0 Å². The van der Waals surface area contributed by atoms with Crippen LogP contribution in [0.4, 0.5) is 17.6 Å². The van der Waals surface area contributed by atoms with E-state index in [9.17, 15) is 27.5 Å². The first-order chi connectivity index (χ1) is 18.7. The molecule has 0 spiro atoms. The van der Waals surface area contributed by atoms with E-state index in [-0.39, 0.29) is 12.0 Å². The van der Waals surface area contributed by atoms with E-state index in [0.717, 1.165) is 41.0 Å².